The van der Waals surface area contributed by atoms with E-state index >= 15 is 0 Å². The summed E-state index contributed by atoms with van der Waals surface area (Å²) in [6.45, 7) is 0.139. The lowest BCUT2D eigenvalue weighted by Crippen LogP contribution is -2.30. The van der Waals surface area contributed by atoms with Crippen LogP contribution in [0.25, 0.3) is 0 Å². The Kier molecular flexibility index (Phi) is 5.62. The van der Waals surface area contributed by atoms with Crippen LogP contribution < -0.4 is 5.32 Å². The minimum absolute atomic E-state index is 0.117. The average molecular weight is 303 g/mol. The van der Waals surface area contributed by atoms with Crippen molar-refractivity contribution < 1.29 is 17.6 Å². The van der Waals surface area contributed by atoms with Crippen LogP contribution in [0.2, 0.25) is 0 Å². The minimum atomic E-state index is -4.51. The Morgan fingerprint density at radius 2 is 1.62 bits per heavy atom. The van der Waals surface area contributed by atoms with Crippen molar-refractivity contribution in [3.8, 4) is 0 Å². The van der Waals surface area contributed by atoms with Crippen molar-refractivity contribution in [2.75, 3.05) is 0 Å². The monoisotopic (exact) mass is 303 g/mol. The predicted octanol–water partition coefficient (Wildman–Crippen LogP) is 5.05. The number of rotatable bonds is 3. The minimum Gasteiger partial charge on any atom is -0.310 e. The molecule has 0 amide bonds. The Labute approximate surface area is 122 Å². The Hall–Kier alpha value is -1.10. The molecule has 1 aromatic carbocycles. The first-order chi connectivity index (χ1) is 9.97. The third kappa shape index (κ3) is 4.99. The molecule has 21 heavy (non-hydrogen) atoms. The number of halogens is 4. The predicted molar refractivity (Wildman–Crippen MR) is 74.3 cm³/mol. The zero-order valence-electron chi connectivity index (χ0n) is 12.0. The van der Waals surface area contributed by atoms with E-state index in [4.69, 9.17) is 0 Å². The second kappa shape index (κ2) is 7.25. The molecule has 0 aromatic heterocycles. The highest BCUT2D eigenvalue weighted by atomic mass is 19.4. The summed E-state index contributed by atoms with van der Waals surface area (Å²) in [6, 6.07) is 3.16. The molecule has 0 aliphatic heterocycles. The molecule has 1 aliphatic rings. The van der Waals surface area contributed by atoms with Crippen LogP contribution in [0.4, 0.5) is 17.6 Å². The van der Waals surface area contributed by atoms with Crippen LogP contribution in [0, 0.1) is 5.82 Å². The third-order valence-corrected chi connectivity index (χ3v) is 4.06. The van der Waals surface area contributed by atoms with Crippen molar-refractivity contribution in [1.29, 1.82) is 0 Å². The first-order valence-corrected chi connectivity index (χ1v) is 7.56. The maximum atomic E-state index is 13.1. The molecule has 2 rings (SSSR count). The fourth-order valence-electron chi connectivity index (χ4n) is 2.88. The zero-order valence-corrected chi connectivity index (χ0v) is 12.0. The lowest BCUT2D eigenvalue weighted by atomic mass is 9.96. The number of hydrogen-bond donors (Lipinski definition) is 1. The molecule has 0 atom stereocenters. The van der Waals surface area contributed by atoms with Crippen LogP contribution in [0.3, 0.4) is 0 Å². The van der Waals surface area contributed by atoms with E-state index in [2.05, 4.69) is 5.32 Å². The van der Waals surface area contributed by atoms with E-state index in [0.29, 0.717) is 6.07 Å². The SMILES string of the molecule is Fc1ccc(CNC2CCCCCCC2)c(C(F)(F)F)c1. The number of benzene rings is 1. The van der Waals surface area contributed by atoms with Gasteiger partial charge in [0.25, 0.3) is 0 Å². The first kappa shape index (κ1) is 16.3. The Morgan fingerprint density at radius 1 is 1.00 bits per heavy atom. The molecule has 0 bridgehead atoms. The molecule has 0 unspecified atom stereocenters. The highest BCUT2D eigenvalue weighted by Gasteiger charge is 2.33. The molecule has 118 valence electrons. The second-order valence-electron chi connectivity index (χ2n) is 5.72. The maximum absolute atomic E-state index is 13.1. The van der Waals surface area contributed by atoms with E-state index in [1.807, 2.05) is 0 Å². The number of alkyl halides is 3. The van der Waals surface area contributed by atoms with Gasteiger partial charge in [-0.3, -0.25) is 0 Å². The summed E-state index contributed by atoms with van der Waals surface area (Å²) < 4.78 is 51.8. The highest BCUT2D eigenvalue weighted by molar-refractivity contribution is 5.30. The molecule has 1 nitrogen and oxygen atoms in total. The van der Waals surface area contributed by atoms with E-state index < -0.39 is 17.6 Å². The molecule has 1 aromatic rings. The van der Waals surface area contributed by atoms with Crippen LogP contribution in [0.1, 0.15) is 56.1 Å². The van der Waals surface area contributed by atoms with Crippen LogP contribution in [0.5, 0.6) is 0 Å². The zero-order chi connectivity index (χ0) is 15.3. The van der Waals surface area contributed by atoms with Crippen molar-refractivity contribution in [3.05, 3.63) is 35.1 Å². The molecule has 1 aliphatic carbocycles. The van der Waals surface area contributed by atoms with Crippen LogP contribution in [-0.2, 0) is 12.7 Å². The Morgan fingerprint density at radius 3 is 2.24 bits per heavy atom. The third-order valence-electron chi connectivity index (χ3n) is 4.06. The van der Waals surface area contributed by atoms with Gasteiger partial charge in [0, 0.05) is 12.6 Å². The number of nitrogens with one attached hydrogen (secondary N) is 1. The molecular weight excluding hydrogens is 282 g/mol. The summed E-state index contributed by atoms with van der Waals surface area (Å²) >= 11 is 0. The van der Waals surface area contributed by atoms with E-state index in [1.165, 1.54) is 25.3 Å². The highest BCUT2D eigenvalue weighted by Crippen LogP contribution is 2.32. The summed E-state index contributed by atoms with van der Waals surface area (Å²) in [5.41, 5.74) is -0.758. The molecule has 5 heteroatoms. The van der Waals surface area contributed by atoms with E-state index in [0.717, 1.165) is 31.7 Å². The van der Waals surface area contributed by atoms with Gasteiger partial charge in [-0.25, -0.2) is 4.39 Å². The normalized spacial score (nSPS) is 18.3. The van der Waals surface area contributed by atoms with Gasteiger partial charge in [-0.05, 0) is 30.5 Å². The quantitative estimate of drug-likeness (QED) is 0.771. The molecule has 0 saturated heterocycles. The lowest BCUT2D eigenvalue weighted by molar-refractivity contribution is -0.138. The van der Waals surface area contributed by atoms with Gasteiger partial charge in [-0.15, -0.1) is 0 Å². The van der Waals surface area contributed by atoms with Crippen molar-refractivity contribution in [3.63, 3.8) is 0 Å². The van der Waals surface area contributed by atoms with Crippen molar-refractivity contribution >= 4 is 0 Å². The molecule has 1 N–H and O–H groups in total. The molecule has 0 spiro atoms. The van der Waals surface area contributed by atoms with Crippen LogP contribution in [-0.4, -0.2) is 6.04 Å². The molecule has 1 saturated carbocycles. The van der Waals surface area contributed by atoms with Gasteiger partial charge in [-0.2, -0.15) is 13.2 Å². The van der Waals surface area contributed by atoms with E-state index in [-0.39, 0.29) is 18.2 Å². The Bertz CT molecular complexity index is 448. The smallest absolute Gasteiger partial charge is 0.310 e. The van der Waals surface area contributed by atoms with Crippen LogP contribution >= 0.6 is 0 Å². The standard InChI is InChI=1S/C16H21F4N/c17-13-9-8-12(15(10-13)16(18,19)20)11-21-14-6-4-2-1-3-5-7-14/h8-10,14,21H,1-7,11H2. The maximum Gasteiger partial charge on any atom is 0.416 e. The topological polar surface area (TPSA) is 12.0 Å². The van der Waals surface area contributed by atoms with Gasteiger partial charge >= 0.3 is 6.18 Å². The molecule has 0 radical (unpaired) electrons. The molecule has 1 fully saturated rings. The molecule has 0 heterocycles. The molecular formula is C16H21F4N. The fraction of sp³-hybridized carbons (Fsp3) is 0.625. The summed E-state index contributed by atoms with van der Waals surface area (Å²) in [6.07, 6.45) is 3.37. The van der Waals surface area contributed by atoms with Gasteiger partial charge in [-0.1, -0.05) is 38.2 Å². The fourth-order valence-corrected chi connectivity index (χ4v) is 2.88. The van der Waals surface area contributed by atoms with Crippen LogP contribution in [0.15, 0.2) is 18.2 Å². The number of hydrogen-bond acceptors (Lipinski definition) is 1. The van der Waals surface area contributed by atoms with Crippen molar-refractivity contribution in [2.24, 2.45) is 0 Å². The van der Waals surface area contributed by atoms with E-state index in [1.54, 1.807) is 0 Å². The van der Waals surface area contributed by atoms with Gasteiger partial charge in [0.1, 0.15) is 5.82 Å². The van der Waals surface area contributed by atoms with E-state index in [9.17, 15) is 17.6 Å². The van der Waals surface area contributed by atoms with Crippen molar-refractivity contribution in [2.45, 2.75) is 63.7 Å². The van der Waals surface area contributed by atoms with Crippen molar-refractivity contribution in [1.82, 2.24) is 5.32 Å². The largest absolute Gasteiger partial charge is 0.416 e. The van der Waals surface area contributed by atoms with Gasteiger partial charge in [0.2, 0.25) is 0 Å². The average Bonchev–Trinajstić information content (AvgIpc) is 2.37. The van der Waals surface area contributed by atoms with Gasteiger partial charge < -0.3 is 5.32 Å². The van der Waals surface area contributed by atoms with Gasteiger partial charge in [0.05, 0.1) is 5.56 Å². The Balaban J connectivity index is 2.02. The summed E-state index contributed by atoms with van der Waals surface area (Å²) in [5, 5.41) is 3.22. The lowest BCUT2D eigenvalue weighted by Gasteiger charge is -2.22. The second-order valence-corrected chi connectivity index (χ2v) is 5.72. The van der Waals surface area contributed by atoms with Gasteiger partial charge in [0.15, 0.2) is 0 Å². The summed E-state index contributed by atoms with van der Waals surface area (Å²) in [5.74, 6) is -0.850. The summed E-state index contributed by atoms with van der Waals surface area (Å²) in [4.78, 5) is 0. The summed E-state index contributed by atoms with van der Waals surface area (Å²) in [7, 11) is 0. The first-order valence-electron chi connectivity index (χ1n) is 7.56.